The van der Waals surface area contributed by atoms with Crippen molar-refractivity contribution in [1.29, 1.82) is 0 Å². The van der Waals surface area contributed by atoms with Gasteiger partial charge in [-0.3, -0.25) is 4.79 Å². The summed E-state index contributed by atoms with van der Waals surface area (Å²) >= 11 is 0. The molecule has 4 aromatic rings. The minimum Gasteiger partial charge on any atom is -0.378 e. The molecule has 6 heteroatoms. The lowest BCUT2D eigenvalue weighted by Gasteiger charge is -2.28. The van der Waals surface area contributed by atoms with E-state index in [4.69, 9.17) is 9.26 Å². The molecule has 0 radical (unpaired) electrons. The first-order valence-electron chi connectivity index (χ1n) is 12.4. The molecule has 36 heavy (non-hydrogen) atoms. The van der Waals surface area contributed by atoms with E-state index in [2.05, 4.69) is 29.1 Å². The molecule has 5 rings (SSSR count). The maximum Gasteiger partial charge on any atom is 0.254 e. The zero-order valence-corrected chi connectivity index (χ0v) is 20.8. The monoisotopic (exact) mass is 481 g/mol. The van der Waals surface area contributed by atoms with Crippen molar-refractivity contribution in [3.8, 4) is 11.3 Å². The zero-order valence-electron chi connectivity index (χ0n) is 20.8. The van der Waals surface area contributed by atoms with Crippen LogP contribution in [0, 0.1) is 13.8 Å². The molecule has 6 nitrogen and oxygen atoms in total. The molecule has 0 atom stereocenters. The van der Waals surface area contributed by atoms with Gasteiger partial charge in [0.2, 0.25) is 5.88 Å². The third kappa shape index (κ3) is 5.34. The molecule has 1 aliphatic rings. The van der Waals surface area contributed by atoms with E-state index in [0.29, 0.717) is 37.8 Å². The van der Waals surface area contributed by atoms with Crippen molar-refractivity contribution in [2.75, 3.05) is 31.2 Å². The third-order valence-corrected chi connectivity index (χ3v) is 6.51. The van der Waals surface area contributed by atoms with Gasteiger partial charge in [0, 0.05) is 30.8 Å². The third-order valence-electron chi connectivity index (χ3n) is 6.51. The molecule has 1 amide bonds. The normalized spacial score (nSPS) is 13.6. The lowest BCUT2D eigenvalue weighted by Crippen LogP contribution is -2.37. The SMILES string of the molecule is Cc1ccc(C(=O)N(Cc2ccccc2)Cc2c(-c3cccc(C)c3)noc2N2CCOCC2)cc1. The van der Waals surface area contributed by atoms with Crippen LogP contribution < -0.4 is 4.90 Å². The number of amides is 1. The van der Waals surface area contributed by atoms with Crippen LogP contribution in [0.25, 0.3) is 11.3 Å². The van der Waals surface area contributed by atoms with Crippen molar-refractivity contribution in [1.82, 2.24) is 10.1 Å². The van der Waals surface area contributed by atoms with E-state index < -0.39 is 0 Å². The first-order valence-corrected chi connectivity index (χ1v) is 12.4. The van der Waals surface area contributed by atoms with Gasteiger partial charge in [-0.15, -0.1) is 0 Å². The van der Waals surface area contributed by atoms with Crippen molar-refractivity contribution in [3.63, 3.8) is 0 Å². The van der Waals surface area contributed by atoms with Crippen LogP contribution in [0.4, 0.5) is 5.88 Å². The second kappa shape index (κ2) is 10.8. The molecule has 0 aliphatic carbocycles. The van der Waals surface area contributed by atoms with Gasteiger partial charge in [0.15, 0.2) is 0 Å². The minimum absolute atomic E-state index is 0.0248. The standard InChI is InChI=1S/C30H31N3O3/c1-22-11-13-25(14-12-22)29(34)33(20-24-8-4-3-5-9-24)21-27-28(26-10-6-7-23(2)19-26)31-36-30(27)32-15-17-35-18-16-32/h3-14,19H,15-18,20-21H2,1-2H3. The molecule has 1 aliphatic heterocycles. The highest BCUT2D eigenvalue weighted by Crippen LogP contribution is 2.34. The number of nitrogens with zero attached hydrogens (tertiary/aromatic N) is 3. The Balaban J connectivity index is 1.56. The van der Waals surface area contributed by atoms with Gasteiger partial charge in [-0.1, -0.05) is 76.9 Å². The molecule has 184 valence electrons. The van der Waals surface area contributed by atoms with Crippen LogP contribution >= 0.6 is 0 Å². The quantitative estimate of drug-likeness (QED) is 0.342. The van der Waals surface area contributed by atoms with Crippen LogP contribution in [0.5, 0.6) is 0 Å². The molecular formula is C30H31N3O3. The molecule has 3 aromatic carbocycles. The summed E-state index contributed by atoms with van der Waals surface area (Å²) in [7, 11) is 0. The predicted octanol–water partition coefficient (Wildman–Crippen LogP) is 5.64. The van der Waals surface area contributed by atoms with Crippen molar-refractivity contribution in [2.24, 2.45) is 0 Å². The molecule has 0 saturated carbocycles. The average Bonchev–Trinajstić information content (AvgIpc) is 3.33. The summed E-state index contributed by atoms with van der Waals surface area (Å²) in [6, 6.07) is 26.1. The number of hydrogen-bond donors (Lipinski definition) is 0. The van der Waals surface area contributed by atoms with E-state index in [9.17, 15) is 4.79 Å². The fourth-order valence-corrected chi connectivity index (χ4v) is 4.55. The van der Waals surface area contributed by atoms with Crippen LogP contribution in [-0.4, -0.2) is 42.3 Å². The summed E-state index contributed by atoms with van der Waals surface area (Å²) in [4.78, 5) is 17.9. The van der Waals surface area contributed by atoms with Gasteiger partial charge in [0.25, 0.3) is 5.91 Å². The highest BCUT2D eigenvalue weighted by molar-refractivity contribution is 5.94. The highest BCUT2D eigenvalue weighted by Gasteiger charge is 2.28. The minimum atomic E-state index is -0.0248. The molecular weight excluding hydrogens is 450 g/mol. The van der Waals surface area contributed by atoms with E-state index in [1.165, 1.54) is 0 Å². The molecule has 1 saturated heterocycles. The molecule has 1 aromatic heterocycles. The van der Waals surface area contributed by atoms with E-state index in [0.717, 1.165) is 46.6 Å². The number of ether oxygens (including phenoxy) is 1. The van der Waals surface area contributed by atoms with Crippen LogP contribution in [0.1, 0.15) is 32.6 Å². The summed E-state index contributed by atoms with van der Waals surface area (Å²) in [6.45, 7) is 7.66. The first kappa shape index (κ1) is 23.8. The Morgan fingerprint density at radius 2 is 1.64 bits per heavy atom. The van der Waals surface area contributed by atoms with Gasteiger partial charge in [0.1, 0.15) is 5.69 Å². The Morgan fingerprint density at radius 1 is 0.889 bits per heavy atom. The Kier molecular flexibility index (Phi) is 7.14. The maximum atomic E-state index is 13.8. The number of morpholine rings is 1. The van der Waals surface area contributed by atoms with Gasteiger partial charge in [-0.05, 0) is 37.6 Å². The molecule has 2 heterocycles. The lowest BCUT2D eigenvalue weighted by atomic mass is 10.0. The summed E-state index contributed by atoms with van der Waals surface area (Å²) < 4.78 is 11.5. The number of carbonyl (C=O) groups is 1. The summed E-state index contributed by atoms with van der Waals surface area (Å²) in [6.07, 6.45) is 0. The van der Waals surface area contributed by atoms with Gasteiger partial charge >= 0.3 is 0 Å². The van der Waals surface area contributed by atoms with Crippen molar-refractivity contribution < 1.29 is 14.1 Å². The van der Waals surface area contributed by atoms with Crippen molar-refractivity contribution >= 4 is 11.8 Å². The Morgan fingerprint density at radius 3 is 2.36 bits per heavy atom. The van der Waals surface area contributed by atoms with Crippen molar-refractivity contribution in [3.05, 3.63) is 107 Å². The number of anilines is 1. The smallest absolute Gasteiger partial charge is 0.254 e. The van der Waals surface area contributed by atoms with Gasteiger partial charge < -0.3 is 19.1 Å². The second-order valence-corrected chi connectivity index (χ2v) is 9.30. The first-order chi connectivity index (χ1) is 17.6. The lowest BCUT2D eigenvalue weighted by molar-refractivity contribution is 0.0729. The number of hydrogen-bond acceptors (Lipinski definition) is 5. The van der Waals surface area contributed by atoms with Gasteiger partial charge in [-0.2, -0.15) is 0 Å². The van der Waals surface area contributed by atoms with Crippen LogP contribution in [0.15, 0.2) is 83.4 Å². The number of benzene rings is 3. The second-order valence-electron chi connectivity index (χ2n) is 9.30. The van der Waals surface area contributed by atoms with Crippen LogP contribution in [0.3, 0.4) is 0 Å². The molecule has 0 spiro atoms. The Labute approximate surface area is 212 Å². The molecule has 1 fully saturated rings. The highest BCUT2D eigenvalue weighted by atomic mass is 16.5. The summed E-state index contributed by atoms with van der Waals surface area (Å²) in [5.74, 6) is 0.688. The number of aryl methyl sites for hydroxylation is 2. The van der Waals surface area contributed by atoms with E-state index in [1.807, 2.05) is 78.6 Å². The summed E-state index contributed by atoms with van der Waals surface area (Å²) in [5, 5.41) is 4.51. The average molecular weight is 482 g/mol. The van der Waals surface area contributed by atoms with E-state index in [-0.39, 0.29) is 5.91 Å². The molecule has 0 bridgehead atoms. The van der Waals surface area contributed by atoms with E-state index >= 15 is 0 Å². The fourth-order valence-electron chi connectivity index (χ4n) is 4.55. The Bertz CT molecular complexity index is 1310. The summed E-state index contributed by atoms with van der Waals surface area (Å²) in [5.41, 5.74) is 6.67. The van der Waals surface area contributed by atoms with Crippen LogP contribution in [-0.2, 0) is 17.8 Å². The zero-order chi connectivity index (χ0) is 24.9. The van der Waals surface area contributed by atoms with Gasteiger partial charge in [-0.25, -0.2) is 0 Å². The Hall–Kier alpha value is -3.90. The number of rotatable bonds is 7. The predicted molar refractivity (Wildman–Crippen MR) is 141 cm³/mol. The largest absolute Gasteiger partial charge is 0.378 e. The molecule has 0 N–H and O–H groups in total. The van der Waals surface area contributed by atoms with E-state index in [1.54, 1.807) is 0 Å². The molecule has 0 unspecified atom stereocenters. The number of aromatic nitrogens is 1. The number of carbonyl (C=O) groups excluding carboxylic acids is 1. The fraction of sp³-hybridized carbons (Fsp3) is 0.267. The van der Waals surface area contributed by atoms with Crippen molar-refractivity contribution in [2.45, 2.75) is 26.9 Å². The van der Waals surface area contributed by atoms with Gasteiger partial charge in [0.05, 0.1) is 25.3 Å². The maximum absolute atomic E-state index is 13.8. The van der Waals surface area contributed by atoms with Crippen LogP contribution in [0.2, 0.25) is 0 Å². The topological polar surface area (TPSA) is 58.8 Å².